The van der Waals surface area contributed by atoms with Crippen molar-refractivity contribution in [1.82, 2.24) is 24.8 Å². The van der Waals surface area contributed by atoms with Crippen LogP contribution in [0.25, 0.3) is 0 Å². The Balaban J connectivity index is 1.37. The number of thioether (sulfide) groups is 1. The maximum Gasteiger partial charge on any atom is 0.233 e. The van der Waals surface area contributed by atoms with Crippen molar-refractivity contribution in [2.24, 2.45) is 5.92 Å². The zero-order chi connectivity index (χ0) is 17.8. The summed E-state index contributed by atoms with van der Waals surface area (Å²) in [7, 11) is 0. The van der Waals surface area contributed by atoms with Gasteiger partial charge in [0.15, 0.2) is 5.16 Å². The highest BCUT2D eigenvalue weighted by Crippen LogP contribution is 2.29. The molecule has 7 heteroatoms. The summed E-state index contributed by atoms with van der Waals surface area (Å²) >= 11 is 1.43. The average Bonchev–Trinajstić information content (AvgIpc) is 2.98. The topological polar surface area (TPSA) is 62.2 Å². The first kappa shape index (κ1) is 17.4. The SMILES string of the molecule is O=C(CSc1ncccn1)N1C[C@@H]2CC[C@H]1CN(Cc1ccncc1)C2. The molecule has 3 saturated heterocycles. The fourth-order valence-electron chi connectivity index (χ4n) is 3.93. The Hall–Kier alpha value is -1.99. The highest BCUT2D eigenvalue weighted by Gasteiger charge is 2.36. The van der Waals surface area contributed by atoms with Crippen molar-refractivity contribution in [3.8, 4) is 0 Å². The van der Waals surface area contributed by atoms with Gasteiger partial charge in [0.2, 0.25) is 5.91 Å². The standard InChI is InChI=1S/C19H23N5OS/c25-18(14-26-19-21-6-1-7-22-19)24-12-16-2-3-17(24)13-23(11-16)10-15-4-8-20-9-5-15/h1,4-9,16-17H,2-3,10-14H2/t16-,17+/m1/s1. The number of aromatic nitrogens is 3. The van der Waals surface area contributed by atoms with Crippen molar-refractivity contribution in [3.05, 3.63) is 48.5 Å². The van der Waals surface area contributed by atoms with Crippen molar-refractivity contribution >= 4 is 17.7 Å². The third-order valence-corrected chi connectivity index (χ3v) is 5.99. The number of nitrogens with zero attached hydrogens (tertiary/aromatic N) is 5. The van der Waals surface area contributed by atoms with Crippen LogP contribution in [0.4, 0.5) is 0 Å². The molecule has 0 N–H and O–H groups in total. The van der Waals surface area contributed by atoms with E-state index in [1.165, 1.54) is 23.7 Å². The van der Waals surface area contributed by atoms with Crippen LogP contribution in [0.15, 0.2) is 48.1 Å². The van der Waals surface area contributed by atoms with E-state index in [-0.39, 0.29) is 5.91 Å². The first-order chi connectivity index (χ1) is 12.8. The molecule has 0 saturated carbocycles. The van der Waals surface area contributed by atoms with E-state index in [9.17, 15) is 4.79 Å². The van der Waals surface area contributed by atoms with Crippen LogP contribution in [-0.2, 0) is 11.3 Å². The van der Waals surface area contributed by atoms with E-state index in [1.807, 2.05) is 12.4 Å². The van der Waals surface area contributed by atoms with E-state index in [0.29, 0.717) is 22.9 Å². The van der Waals surface area contributed by atoms with E-state index in [2.05, 4.69) is 36.9 Å². The van der Waals surface area contributed by atoms with Gasteiger partial charge >= 0.3 is 0 Å². The lowest BCUT2D eigenvalue weighted by molar-refractivity contribution is -0.132. The van der Waals surface area contributed by atoms with Gasteiger partial charge in [-0.2, -0.15) is 0 Å². The molecule has 0 aromatic carbocycles. The van der Waals surface area contributed by atoms with E-state index >= 15 is 0 Å². The van der Waals surface area contributed by atoms with Gasteiger partial charge in [-0.3, -0.25) is 14.7 Å². The second-order valence-corrected chi connectivity index (χ2v) is 7.96. The molecule has 2 atom stereocenters. The van der Waals surface area contributed by atoms with Crippen LogP contribution in [0.1, 0.15) is 18.4 Å². The van der Waals surface area contributed by atoms with Crippen LogP contribution >= 0.6 is 11.8 Å². The summed E-state index contributed by atoms with van der Waals surface area (Å²) in [5, 5.41) is 0.667. The molecule has 136 valence electrons. The summed E-state index contributed by atoms with van der Waals surface area (Å²) in [6.45, 7) is 3.84. The quantitative estimate of drug-likeness (QED) is 0.594. The van der Waals surface area contributed by atoms with E-state index in [4.69, 9.17) is 0 Å². The molecule has 0 unspecified atom stereocenters. The number of carbonyl (C=O) groups excluding carboxylic acids is 1. The van der Waals surface area contributed by atoms with Crippen LogP contribution in [0.5, 0.6) is 0 Å². The Morgan fingerprint density at radius 2 is 1.88 bits per heavy atom. The third-order valence-electron chi connectivity index (χ3n) is 5.13. The van der Waals surface area contributed by atoms with Gasteiger partial charge in [-0.25, -0.2) is 9.97 Å². The van der Waals surface area contributed by atoms with Crippen molar-refractivity contribution in [1.29, 1.82) is 0 Å². The molecule has 2 aromatic rings. The predicted octanol–water partition coefficient (Wildman–Crippen LogP) is 2.09. The largest absolute Gasteiger partial charge is 0.337 e. The first-order valence-corrected chi connectivity index (χ1v) is 10.1. The first-order valence-electron chi connectivity index (χ1n) is 9.08. The maximum atomic E-state index is 12.8. The zero-order valence-electron chi connectivity index (χ0n) is 14.7. The molecular formula is C19H23N5OS. The second-order valence-electron chi connectivity index (χ2n) is 7.01. The molecule has 2 bridgehead atoms. The number of piperidine rings is 1. The van der Waals surface area contributed by atoms with Crippen molar-refractivity contribution in [2.45, 2.75) is 30.6 Å². The fraction of sp³-hybridized carbons (Fsp3) is 0.474. The average molecular weight is 369 g/mol. The summed E-state index contributed by atoms with van der Waals surface area (Å²) in [4.78, 5) is 29.9. The molecule has 3 aliphatic rings. The van der Waals surface area contributed by atoms with E-state index < -0.39 is 0 Å². The smallest absolute Gasteiger partial charge is 0.233 e. The lowest BCUT2D eigenvalue weighted by Gasteiger charge is -2.36. The van der Waals surface area contributed by atoms with Crippen LogP contribution in [-0.4, -0.2) is 62.1 Å². The number of rotatable bonds is 5. The van der Waals surface area contributed by atoms with Crippen LogP contribution < -0.4 is 0 Å². The van der Waals surface area contributed by atoms with Crippen LogP contribution in [0.2, 0.25) is 0 Å². The van der Waals surface area contributed by atoms with Crippen LogP contribution in [0, 0.1) is 5.92 Å². The summed E-state index contributed by atoms with van der Waals surface area (Å²) in [6, 6.07) is 6.26. The molecule has 2 aromatic heterocycles. The molecule has 0 radical (unpaired) electrons. The molecule has 3 fully saturated rings. The monoisotopic (exact) mass is 369 g/mol. The third kappa shape index (κ3) is 4.22. The summed E-state index contributed by atoms with van der Waals surface area (Å²) in [6.07, 6.45) is 9.45. The van der Waals surface area contributed by atoms with Crippen LogP contribution in [0.3, 0.4) is 0 Å². The van der Waals surface area contributed by atoms with Gasteiger partial charge in [-0.05, 0) is 42.5 Å². The number of hydrogen-bond acceptors (Lipinski definition) is 6. The van der Waals surface area contributed by atoms with Gasteiger partial charge in [-0.1, -0.05) is 11.8 Å². The Morgan fingerprint density at radius 3 is 2.69 bits per heavy atom. The van der Waals surface area contributed by atoms with Crippen molar-refractivity contribution in [3.63, 3.8) is 0 Å². The number of pyridine rings is 1. The van der Waals surface area contributed by atoms with Gasteiger partial charge < -0.3 is 4.90 Å². The second kappa shape index (κ2) is 8.14. The fourth-order valence-corrected chi connectivity index (χ4v) is 4.62. The molecule has 5 rings (SSSR count). The summed E-state index contributed by atoms with van der Waals surface area (Å²) in [5.74, 6) is 1.19. The van der Waals surface area contributed by atoms with E-state index in [0.717, 1.165) is 32.6 Å². The van der Waals surface area contributed by atoms with Gasteiger partial charge in [0, 0.05) is 57.0 Å². The highest BCUT2D eigenvalue weighted by molar-refractivity contribution is 7.99. The molecule has 1 amide bonds. The van der Waals surface area contributed by atoms with Crippen molar-refractivity contribution in [2.75, 3.05) is 25.4 Å². The predicted molar refractivity (Wildman–Crippen MR) is 100 cm³/mol. The molecule has 5 heterocycles. The van der Waals surface area contributed by atoms with Gasteiger partial charge in [0.05, 0.1) is 5.75 Å². The molecule has 6 nitrogen and oxygen atoms in total. The molecular weight excluding hydrogens is 346 g/mol. The Kier molecular flexibility index (Phi) is 5.45. The lowest BCUT2D eigenvalue weighted by Crippen LogP contribution is -2.48. The van der Waals surface area contributed by atoms with Crippen molar-refractivity contribution < 1.29 is 4.79 Å². The summed E-state index contributed by atoms with van der Waals surface area (Å²) < 4.78 is 0. The Labute approximate surface area is 158 Å². The lowest BCUT2D eigenvalue weighted by atomic mass is 9.95. The van der Waals surface area contributed by atoms with Gasteiger partial charge in [0.25, 0.3) is 0 Å². The minimum atomic E-state index is 0.211. The minimum Gasteiger partial charge on any atom is -0.337 e. The molecule has 3 aliphatic heterocycles. The molecule has 0 aliphatic carbocycles. The molecule has 26 heavy (non-hydrogen) atoms. The zero-order valence-corrected chi connectivity index (χ0v) is 15.5. The van der Waals surface area contributed by atoms with Gasteiger partial charge in [-0.15, -0.1) is 0 Å². The summed E-state index contributed by atoms with van der Waals surface area (Å²) in [5.41, 5.74) is 1.29. The Bertz CT molecular complexity index is 729. The number of hydrogen-bond donors (Lipinski definition) is 0. The molecule has 0 spiro atoms. The van der Waals surface area contributed by atoms with Gasteiger partial charge in [0.1, 0.15) is 0 Å². The number of fused-ring (bicyclic) bond motifs is 4. The minimum absolute atomic E-state index is 0.211. The maximum absolute atomic E-state index is 12.8. The van der Waals surface area contributed by atoms with E-state index in [1.54, 1.807) is 18.5 Å². The number of amides is 1. The number of carbonyl (C=O) groups is 1. The highest BCUT2D eigenvalue weighted by atomic mass is 32.2. The Morgan fingerprint density at radius 1 is 1.08 bits per heavy atom. The normalized spacial score (nSPS) is 23.0.